The molecule has 0 fully saturated rings. The molecular formula is C6H8N2O3. The lowest BCUT2D eigenvalue weighted by Crippen LogP contribution is -2.13. The monoisotopic (exact) mass is 156 g/mol. The first-order valence-corrected chi connectivity index (χ1v) is 2.99. The summed E-state index contributed by atoms with van der Waals surface area (Å²) in [5, 5.41) is 8.57. The van der Waals surface area contributed by atoms with Gasteiger partial charge in [-0.15, -0.1) is 0 Å². The Hall–Kier alpha value is -1.36. The molecule has 0 spiro atoms. The zero-order chi connectivity index (χ0) is 8.27. The molecule has 0 saturated heterocycles. The quantitative estimate of drug-likeness (QED) is 0.654. The van der Waals surface area contributed by atoms with E-state index in [2.05, 4.69) is 14.7 Å². The van der Waals surface area contributed by atoms with Gasteiger partial charge in [-0.2, -0.15) is 0 Å². The lowest BCUT2D eigenvalue weighted by Gasteiger charge is -2.06. The van der Waals surface area contributed by atoms with Gasteiger partial charge in [0.2, 0.25) is 0 Å². The van der Waals surface area contributed by atoms with Crippen molar-refractivity contribution in [1.82, 2.24) is 9.97 Å². The standard InChI is InChI=1S/C6H8N2O3/c1-11-5(6(9)10)4-2-7-3-8-4/h2-3,5H,1H3,(H,7,8)(H,9,10)/t5-/m0/s1. The predicted octanol–water partition coefficient (Wildman–Crippen LogP) is 0.182. The van der Waals surface area contributed by atoms with Crippen LogP contribution in [0.2, 0.25) is 0 Å². The fourth-order valence-electron chi connectivity index (χ4n) is 0.771. The maximum atomic E-state index is 10.5. The highest BCUT2D eigenvalue weighted by molar-refractivity contribution is 5.73. The van der Waals surface area contributed by atoms with Crippen LogP contribution in [0.25, 0.3) is 0 Å². The maximum absolute atomic E-state index is 10.5. The molecule has 0 saturated carbocycles. The second-order valence-electron chi connectivity index (χ2n) is 1.96. The topological polar surface area (TPSA) is 75.2 Å². The molecule has 1 aromatic heterocycles. The molecule has 0 aliphatic carbocycles. The van der Waals surface area contributed by atoms with Crippen LogP contribution in [-0.4, -0.2) is 28.2 Å². The predicted molar refractivity (Wildman–Crippen MR) is 36.0 cm³/mol. The number of imidazole rings is 1. The molecule has 5 heteroatoms. The van der Waals surface area contributed by atoms with Gasteiger partial charge in [0, 0.05) is 7.11 Å². The molecule has 5 nitrogen and oxygen atoms in total. The minimum absolute atomic E-state index is 0.444. The fraction of sp³-hybridized carbons (Fsp3) is 0.333. The molecular weight excluding hydrogens is 148 g/mol. The summed E-state index contributed by atoms with van der Waals surface area (Å²) in [6.45, 7) is 0. The van der Waals surface area contributed by atoms with E-state index in [1.807, 2.05) is 0 Å². The number of hydrogen-bond donors (Lipinski definition) is 2. The van der Waals surface area contributed by atoms with Crippen molar-refractivity contribution in [1.29, 1.82) is 0 Å². The van der Waals surface area contributed by atoms with Crippen molar-refractivity contribution in [3.8, 4) is 0 Å². The second-order valence-corrected chi connectivity index (χ2v) is 1.96. The van der Waals surface area contributed by atoms with Crippen molar-refractivity contribution in [3.63, 3.8) is 0 Å². The highest BCUT2D eigenvalue weighted by Crippen LogP contribution is 2.12. The SMILES string of the molecule is CO[C@H](C(=O)O)c1cnc[nH]1. The number of carbonyl (C=O) groups is 1. The Kier molecular flexibility index (Phi) is 2.22. The summed E-state index contributed by atoms with van der Waals surface area (Å²) in [7, 11) is 1.33. The number of nitrogens with zero attached hydrogens (tertiary/aromatic N) is 1. The van der Waals surface area contributed by atoms with Gasteiger partial charge in [0.1, 0.15) is 0 Å². The van der Waals surface area contributed by atoms with Crippen LogP contribution in [0, 0.1) is 0 Å². The van der Waals surface area contributed by atoms with Gasteiger partial charge in [-0.3, -0.25) is 0 Å². The molecule has 0 aliphatic heterocycles. The van der Waals surface area contributed by atoms with E-state index in [9.17, 15) is 4.79 Å². The summed E-state index contributed by atoms with van der Waals surface area (Å²) >= 11 is 0. The number of methoxy groups -OCH3 is 1. The first kappa shape index (κ1) is 7.74. The Morgan fingerprint density at radius 1 is 1.91 bits per heavy atom. The summed E-state index contributed by atoms with van der Waals surface area (Å²) in [6, 6.07) is 0. The third-order valence-electron chi connectivity index (χ3n) is 1.26. The zero-order valence-electron chi connectivity index (χ0n) is 5.94. The molecule has 0 bridgehead atoms. The van der Waals surface area contributed by atoms with E-state index < -0.39 is 12.1 Å². The van der Waals surface area contributed by atoms with Crippen molar-refractivity contribution in [2.75, 3.05) is 7.11 Å². The molecule has 60 valence electrons. The van der Waals surface area contributed by atoms with Gasteiger partial charge in [-0.1, -0.05) is 0 Å². The van der Waals surface area contributed by atoms with Crippen LogP contribution >= 0.6 is 0 Å². The molecule has 0 aromatic carbocycles. The molecule has 0 radical (unpaired) electrons. The second kappa shape index (κ2) is 3.16. The number of H-pyrrole nitrogens is 1. The van der Waals surface area contributed by atoms with E-state index in [4.69, 9.17) is 5.11 Å². The minimum Gasteiger partial charge on any atom is -0.479 e. The first-order chi connectivity index (χ1) is 5.25. The van der Waals surface area contributed by atoms with Crippen molar-refractivity contribution in [3.05, 3.63) is 18.2 Å². The van der Waals surface area contributed by atoms with Crippen LogP contribution in [0.3, 0.4) is 0 Å². The molecule has 0 aliphatic rings. The average Bonchev–Trinajstić information content (AvgIpc) is 2.40. The summed E-state index contributed by atoms with van der Waals surface area (Å²) in [5.74, 6) is -1.03. The van der Waals surface area contributed by atoms with Crippen molar-refractivity contribution < 1.29 is 14.6 Å². The largest absolute Gasteiger partial charge is 0.479 e. The van der Waals surface area contributed by atoms with Gasteiger partial charge in [0.05, 0.1) is 18.2 Å². The molecule has 1 aromatic rings. The Morgan fingerprint density at radius 2 is 2.64 bits per heavy atom. The van der Waals surface area contributed by atoms with Crippen LogP contribution in [0.1, 0.15) is 11.8 Å². The summed E-state index contributed by atoms with van der Waals surface area (Å²) in [6.07, 6.45) is 1.88. The number of carboxylic acid groups (broad SMARTS) is 1. The fourth-order valence-corrected chi connectivity index (χ4v) is 0.771. The number of aliphatic carboxylic acids is 1. The van der Waals surface area contributed by atoms with E-state index in [-0.39, 0.29) is 0 Å². The van der Waals surface area contributed by atoms with Gasteiger partial charge < -0.3 is 14.8 Å². The van der Waals surface area contributed by atoms with Crippen LogP contribution < -0.4 is 0 Å². The first-order valence-electron chi connectivity index (χ1n) is 2.99. The number of ether oxygens (including phenoxy) is 1. The van der Waals surface area contributed by atoms with E-state index in [0.29, 0.717) is 5.69 Å². The number of nitrogens with one attached hydrogen (secondary N) is 1. The number of aromatic amines is 1. The van der Waals surface area contributed by atoms with Crippen molar-refractivity contribution >= 4 is 5.97 Å². The van der Waals surface area contributed by atoms with Crippen LogP contribution in [0.5, 0.6) is 0 Å². The molecule has 1 atom stereocenters. The molecule has 11 heavy (non-hydrogen) atoms. The molecule has 0 unspecified atom stereocenters. The third kappa shape index (κ3) is 1.56. The number of hydrogen-bond acceptors (Lipinski definition) is 3. The summed E-state index contributed by atoms with van der Waals surface area (Å²) in [5.41, 5.74) is 0.444. The third-order valence-corrected chi connectivity index (χ3v) is 1.26. The zero-order valence-corrected chi connectivity index (χ0v) is 5.94. The minimum atomic E-state index is -1.03. The van der Waals surface area contributed by atoms with E-state index >= 15 is 0 Å². The maximum Gasteiger partial charge on any atom is 0.339 e. The van der Waals surface area contributed by atoms with Gasteiger partial charge in [-0.05, 0) is 0 Å². The lowest BCUT2D eigenvalue weighted by atomic mass is 10.3. The highest BCUT2D eigenvalue weighted by Gasteiger charge is 2.19. The van der Waals surface area contributed by atoms with E-state index in [1.54, 1.807) is 0 Å². The van der Waals surface area contributed by atoms with Crippen LogP contribution in [0.4, 0.5) is 0 Å². The van der Waals surface area contributed by atoms with Crippen molar-refractivity contribution in [2.24, 2.45) is 0 Å². The Labute approximate surface area is 63.0 Å². The van der Waals surface area contributed by atoms with Crippen LogP contribution in [-0.2, 0) is 9.53 Å². The Morgan fingerprint density at radius 3 is 3.00 bits per heavy atom. The van der Waals surface area contributed by atoms with Crippen molar-refractivity contribution in [2.45, 2.75) is 6.10 Å². The summed E-state index contributed by atoms with van der Waals surface area (Å²) < 4.78 is 4.69. The van der Waals surface area contributed by atoms with Gasteiger partial charge in [0.25, 0.3) is 0 Å². The van der Waals surface area contributed by atoms with Gasteiger partial charge >= 0.3 is 5.97 Å². The molecule has 1 rings (SSSR count). The number of aromatic nitrogens is 2. The highest BCUT2D eigenvalue weighted by atomic mass is 16.5. The molecule has 2 N–H and O–H groups in total. The van der Waals surface area contributed by atoms with Crippen LogP contribution in [0.15, 0.2) is 12.5 Å². The van der Waals surface area contributed by atoms with E-state index in [1.165, 1.54) is 19.6 Å². The van der Waals surface area contributed by atoms with Gasteiger partial charge in [0.15, 0.2) is 6.10 Å². The van der Waals surface area contributed by atoms with Gasteiger partial charge in [-0.25, -0.2) is 9.78 Å². The lowest BCUT2D eigenvalue weighted by molar-refractivity contribution is -0.149. The average molecular weight is 156 g/mol. The Bertz CT molecular complexity index is 232. The normalized spacial score (nSPS) is 12.8. The molecule has 1 heterocycles. The number of carboxylic acids is 1. The molecule has 0 amide bonds. The smallest absolute Gasteiger partial charge is 0.339 e. The Balaban J connectivity index is 2.79. The van der Waals surface area contributed by atoms with E-state index in [0.717, 1.165) is 0 Å². The number of rotatable bonds is 3. The summed E-state index contributed by atoms with van der Waals surface area (Å²) in [4.78, 5) is 16.8.